The Morgan fingerprint density at radius 2 is 1.72 bits per heavy atom. The molecule has 0 aromatic heterocycles. The molecule has 2 saturated heterocycles. The van der Waals surface area contributed by atoms with Crippen LogP contribution in [0.1, 0.15) is 64.0 Å². The zero-order valence-corrected chi connectivity index (χ0v) is 20.4. The van der Waals surface area contributed by atoms with E-state index in [9.17, 15) is 14.1 Å². The first-order valence-electron chi connectivity index (χ1n) is 11.6. The Morgan fingerprint density at radius 3 is 2.25 bits per heavy atom. The lowest BCUT2D eigenvalue weighted by Crippen LogP contribution is -2.44. The highest BCUT2D eigenvalue weighted by Crippen LogP contribution is 2.33. The molecule has 2 N–H and O–H groups in total. The fraction of sp³-hybridized carbons (Fsp3) is 0.708. The molecule has 1 amide bonds. The molecule has 2 aliphatic heterocycles. The monoisotopic (exact) mass is 466 g/mol. The van der Waals surface area contributed by atoms with E-state index >= 15 is 0 Å². The lowest BCUT2D eigenvalue weighted by Gasteiger charge is -2.39. The quantitative estimate of drug-likeness (QED) is 0.621. The number of hydrogen-bond acceptors (Lipinski definition) is 5. The van der Waals surface area contributed by atoms with Crippen LogP contribution in [0.2, 0.25) is 0 Å². The van der Waals surface area contributed by atoms with Gasteiger partial charge in [-0.25, -0.2) is 9.00 Å². The molecule has 8 heteroatoms. The average Bonchev–Trinajstić information content (AvgIpc) is 2.72. The van der Waals surface area contributed by atoms with Crippen molar-refractivity contribution in [2.75, 3.05) is 32.7 Å². The smallest absolute Gasteiger partial charge is 0.410 e. The van der Waals surface area contributed by atoms with Crippen LogP contribution in [0.5, 0.6) is 0 Å². The number of likely N-dealkylation sites (tertiary alicyclic amines) is 2. The van der Waals surface area contributed by atoms with Crippen LogP contribution in [0.15, 0.2) is 24.3 Å². The largest absolute Gasteiger partial charge is 0.444 e. The predicted octanol–water partition coefficient (Wildman–Crippen LogP) is 3.73. The molecule has 1 aromatic rings. The number of nitrogens with zero attached hydrogens (tertiary/aromatic N) is 2. The zero-order chi connectivity index (χ0) is 23.4. The molecule has 1 atom stereocenters. The molecule has 0 radical (unpaired) electrons. The lowest BCUT2D eigenvalue weighted by atomic mass is 9.84. The predicted molar refractivity (Wildman–Crippen MR) is 126 cm³/mol. The van der Waals surface area contributed by atoms with Gasteiger partial charge in [0, 0.05) is 26.2 Å². The van der Waals surface area contributed by atoms with Gasteiger partial charge in [0.25, 0.3) is 0 Å². The van der Waals surface area contributed by atoms with Gasteiger partial charge in [0.1, 0.15) is 5.60 Å². The third-order valence-electron chi connectivity index (χ3n) is 6.58. The van der Waals surface area contributed by atoms with Crippen LogP contribution in [-0.2, 0) is 27.2 Å². The molecule has 2 fully saturated rings. The first-order valence-corrected chi connectivity index (χ1v) is 12.9. The maximum atomic E-state index is 12.2. The van der Waals surface area contributed by atoms with Crippen molar-refractivity contribution >= 4 is 17.2 Å². The molecule has 0 saturated carbocycles. The Balaban J connectivity index is 1.39. The number of aliphatic hydroxyl groups is 1. The molecule has 1 aromatic carbocycles. The molecule has 180 valence electrons. The minimum absolute atomic E-state index is 0.114. The number of ether oxygens (including phenoxy) is 1. The van der Waals surface area contributed by atoms with Crippen molar-refractivity contribution in [3.05, 3.63) is 35.4 Å². The second-order valence-corrected chi connectivity index (χ2v) is 11.2. The molecule has 2 heterocycles. The van der Waals surface area contributed by atoms with Crippen LogP contribution < -0.4 is 0 Å². The van der Waals surface area contributed by atoms with Crippen LogP contribution in [-0.4, -0.2) is 68.1 Å². The van der Waals surface area contributed by atoms with Crippen LogP contribution in [0.4, 0.5) is 4.79 Å². The van der Waals surface area contributed by atoms with E-state index in [1.54, 1.807) is 0 Å². The van der Waals surface area contributed by atoms with Gasteiger partial charge < -0.3 is 24.2 Å². The van der Waals surface area contributed by atoms with Crippen LogP contribution in [0, 0.1) is 5.92 Å². The van der Waals surface area contributed by atoms with Crippen LogP contribution in [0.3, 0.4) is 0 Å². The fourth-order valence-corrected chi connectivity index (χ4v) is 5.06. The highest BCUT2D eigenvalue weighted by atomic mass is 32.2. The molecule has 7 nitrogen and oxygen atoms in total. The average molecular weight is 467 g/mol. The van der Waals surface area contributed by atoms with E-state index in [2.05, 4.69) is 4.90 Å². The summed E-state index contributed by atoms with van der Waals surface area (Å²) >= 11 is -1.85. The van der Waals surface area contributed by atoms with Crippen molar-refractivity contribution in [2.45, 2.75) is 69.8 Å². The number of benzene rings is 1. The van der Waals surface area contributed by atoms with Crippen LogP contribution >= 0.6 is 0 Å². The van der Waals surface area contributed by atoms with Gasteiger partial charge in [-0.15, -0.1) is 0 Å². The van der Waals surface area contributed by atoms with Gasteiger partial charge in [-0.2, -0.15) is 0 Å². The second-order valence-electron chi connectivity index (χ2n) is 10.2. The van der Waals surface area contributed by atoms with Crippen LogP contribution in [0.25, 0.3) is 0 Å². The summed E-state index contributed by atoms with van der Waals surface area (Å²) in [4.78, 5) is 16.5. The topological polar surface area (TPSA) is 90.3 Å². The zero-order valence-electron chi connectivity index (χ0n) is 19.6. The van der Waals surface area contributed by atoms with E-state index in [1.807, 2.05) is 49.9 Å². The summed E-state index contributed by atoms with van der Waals surface area (Å²) in [6.07, 6.45) is 4.33. The van der Waals surface area contributed by atoms with Gasteiger partial charge in [0.15, 0.2) is 11.1 Å². The van der Waals surface area contributed by atoms with E-state index in [1.165, 1.54) is 0 Å². The maximum Gasteiger partial charge on any atom is 0.410 e. The summed E-state index contributed by atoms with van der Waals surface area (Å²) in [6, 6.07) is 7.43. The summed E-state index contributed by atoms with van der Waals surface area (Å²) in [7, 11) is 0. The molecule has 2 aliphatic rings. The van der Waals surface area contributed by atoms with E-state index in [0.29, 0.717) is 18.8 Å². The molecular formula is C24H38N2O5S. The molecule has 3 rings (SSSR count). The number of hydrogen-bond donors (Lipinski definition) is 2. The van der Waals surface area contributed by atoms with Crippen molar-refractivity contribution < 1.29 is 23.4 Å². The molecule has 0 bridgehead atoms. The Kier molecular flexibility index (Phi) is 8.36. The summed E-state index contributed by atoms with van der Waals surface area (Å²) in [5.74, 6) is 0.738. The summed E-state index contributed by atoms with van der Waals surface area (Å²) in [5.41, 5.74) is 0.408. The number of carbonyl (C=O) groups is 1. The second kappa shape index (κ2) is 10.6. The Hall–Kier alpha value is -1.48. The number of carbonyl (C=O) groups excluding carboxylic acids is 1. The molecule has 32 heavy (non-hydrogen) atoms. The molecule has 0 spiro atoms. The number of piperidine rings is 2. The van der Waals surface area contributed by atoms with Crippen molar-refractivity contribution in [3.63, 3.8) is 0 Å². The van der Waals surface area contributed by atoms with Gasteiger partial charge in [0.05, 0.1) is 11.4 Å². The normalized spacial score (nSPS) is 21.3. The molecule has 1 unspecified atom stereocenters. The Bertz CT molecular complexity index is 777. The van der Waals surface area contributed by atoms with Crippen molar-refractivity contribution in [3.8, 4) is 0 Å². The van der Waals surface area contributed by atoms with Gasteiger partial charge in [-0.3, -0.25) is 0 Å². The van der Waals surface area contributed by atoms with Gasteiger partial charge >= 0.3 is 6.09 Å². The van der Waals surface area contributed by atoms with Crippen molar-refractivity contribution in [2.24, 2.45) is 5.92 Å². The molecular weight excluding hydrogens is 428 g/mol. The van der Waals surface area contributed by atoms with Gasteiger partial charge in [-0.1, -0.05) is 24.3 Å². The Morgan fingerprint density at radius 1 is 1.12 bits per heavy atom. The maximum absolute atomic E-state index is 12.2. The van der Waals surface area contributed by atoms with Crippen molar-refractivity contribution in [1.29, 1.82) is 0 Å². The number of rotatable bonds is 6. The third kappa shape index (κ3) is 7.27. The first-order chi connectivity index (χ1) is 15.0. The fourth-order valence-electron chi connectivity index (χ4n) is 4.58. The SMILES string of the molecule is CC(C)(C)OC(=O)N1CCC(CCN2CCC(O)(c3ccc(CS(=O)O)cc3)CC2)CC1. The third-order valence-corrected chi connectivity index (χ3v) is 7.16. The summed E-state index contributed by atoms with van der Waals surface area (Å²) in [5, 5.41) is 11.1. The standard InChI is InChI=1S/C24H38N2O5S/c1-23(2,3)31-22(27)26-14-9-19(10-15-26)8-13-25-16-11-24(28,12-17-25)21-6-4-20(5-7-21)18-32(29)30/h4-7,19,28H,8-18H2,1-3H3,(H,29,30). The van der Waals surface area contributed by atoms with Gasteiger partial charge in [-0.05, 0) is 76.5 Å². The van der Waals surface area contributed by atoms with E-state index in [4.69, 9.17) is 9.29 Å². The molecule has 0 aliphatic carbocycles. The minimum atomic E-state index is -1.85. The number of amides is 1. The summed E-state index contributed by atoms with van der Waals surface area (Å²) < 4.78 is 25.5. The first kappa shape index (κ1) is 25.1. The minimum Gasteiger partial charge on any atom is -0.444 e. The van der Waals surface area contributed by atoms with Gasteiger partial charge in [0.2, 0.25) is 0 Å². The highest BCUT2D eigenvalue weighted by molar-refractivity contribution is 7.78. The highest BCUT2D eigenvalue weighted by Gasteiger charge is 2.34. The van der Waals surface area contributed by atoms with Crippen molar-refractivity contribution in [1.82, 2.24) is 9.80 Å². The van der Waals surface area contributed by atoms with E-state index < -0.39 is 22.3 Å². The lowest BCUT2D eigenvalue weighted by molar-refractivity contribution is -0.0272. The van der Waals surface area contributed by atoms with E-state index in [-0.39, 0.29) is 11.8 Å². The van der Waals surface area contributed by atoms with E-state index in [0.717, 1.165) is 63.1 Å². The summed E-state index contributed by atoms with van der Waals surface area (Å²) in [6.45, 7) is 9.95. The Labute approximate surface area is 194 Å².